The van der Waals surface area contributed by atoms with Gasteiger partial charge in [-0.3, -0.25) is 0 Å². The lowest BCUT2D eigenvalue weighted by atomic mass is 10.1. The second-order valence-electron chi connectivity index (χ2n) is 2.73. The van der Waals surface area contributed by atoms with Crippen LogP contribution in [0.1, 0.15) is 5.56 Å². The Labute approximate surface area is 76.4 Å². The monoisotopic (exact) mass is 174 g/mol. The van der Waals surface area contributed by atoms with E-state index in [1.807, 2.05) is 18.2 Å². The predicted molar refractivity (Wildman–Crippen MR) is 52.9 cm³/mol. The Kier molecular flexibility index (Phi) is 1.81. The molecule has 0 unspecified atom stereocenters. The summed E-state index contributed by atoms with van der Waals surface area (Å²) in [6.45, 7) is 3.71. The molecule has 1 aromatic carbocycles. The fourth-order valence-electron chi connectivity index (χ4n) is 1.39. The van der Waals surface area contributed by atoms with Crippen LogP contribution in [0, 0.1) is 0 Å². The summed E-state index contributed by atoms with van der Waals surface area (Å²) in [5.41, 5.74) is 1.73. The van der Waals surface area contributed by atoms with E-state index in [4.69, 9.17) is 9.15 Å². The summed E-state index contributed by atoms with van der Waals surface area (Å²) in [5.74, 6) is 0.748. The van der Waals surface area contributed by atoms with Gasteiger partial charge in [0.1, 0.15) is 0 Å². The molecule has 0 N–H and O–H groups in total. The van der Waals surface area contributed by atoms with Gasteiger partial charge in [0.15, 0.2) is 11.3 Å². The number of hydrogen-bond donors (Lipinski definition) is 0. The summed E-state index contributed by atoms with van der Waals surface area (Å²) >= 11 is 0. The molecule has 0 spiro atoms. The maximum absolute atomic E-state index is 5.31. The van der Waals surface area contributed by atoms with Crippen LogP contribution in [0.2, 0.25) is 0 Å². The van der Waals surface area contributed by atoms with E-state index in [1.54, 1.807) is 19.4 Å². The van der Waals surface area contributed by atoms with Crippen LogP contribution in [0.5, 0.6) is 5.75 Å². The summed E-state index contributed by atoms with van der Waals surface area (Å²) < 4.78 is 10.6. The van der Waals surface area contributed by atoms with Gasteiger partial charge < -0.3 is 9.15 Å². The number of hydrogen-bond acceptors (Lipinski definition) is 2. The minimum absolute atomic E-state index is 0.748. The highest BCUT2D eigenvalue weighted by Gasteiger charge is 2.07. The Balaban J connectivity index is 2.81. The highest BCUT2D eigenvalue weighted by atomic mass is 16.5. The molecule has 0 aliphatic rings. The third kappa shape index (κ3) is 1.11. The molecule has 2 heteroatoms. The van der Waals surface area contributed by atoms with Gasteiger partial charge >= 0.3 is 0 Å². The van der Waals surface area contributed by atoms with E-state index in [9.17, 15) is 0 Å². The van der Waals surface area contributed by atoms with E-state index in [0.717, 1.165) is 22.3 Å². The third-order valence-corrected chi connectivity index (χ3v) is 2.03. The molecule has 2 nitrogen and oxygen atoms in total. The second kappa shape index (κ2) is 2.98. The standard InChI is InChI=1S/C11H10O2/c1-3-8-4-5-9-6-7-13-11(9)10(8)12-2/h3-7H,1H2,2H3. The molecule has 2 rings (SSSR count). The van der Waals surface area contributed by atoms with Crippen molar-refractivity contribution in [3.05, 3.63) is 36.6 Å². The Morgan fingerprint density at radius 2 is 2.23 bits per heavy atom. The maximum atomic E-state index is 5.31. The van der Waals surface area contributed by atoms with Crippen molar-refractivity contribution in [2.24, 2.45) is 0 Å². The van der Waals surface area contributed by atoms with E-state index in [-0.39, 0.29) is 0 Å². The topological polar surface area (TPSA) is 22.4 Å². The number of methoxy groups -OCH3 is 1. The van der Waals surface area contributed by atoms with Crippen molar-refractivity contribution < 1.29 is 9.15 Å². The Hall–Kier alpha value is -1.70. The highest BCUT2D eigenvalue weighted by molar-refractivity contribution is 5.87. The van der Waals surface area contributed by atoms with Crippen molar-refractivity contribution in [2.45, 2.75) is 0 Å². The van der Waals surface area contributed by atoms with Gasteiger partial charge in [0.05, 0.1) is 13.4 Å². The largest absolute Gasteiger partial charge is 0.492 e. The second-order valence-corrected chi connectivity index (χ2v) is 2.73. The van der Waals surface area contributed by atoms with Crippen molar-refractivity contribution >= 4 is 17.0 Å². The minimum atomic E-state index is 0.748. The summed E-state index contributed by atoms with van der Waals surface area (Å²) in [4.78, 5) is 0. The van der Waals surface area contributed by atoms with Gasteiger partial charge in [-0.25, -0.2) is 0 Å². The molecule has 1 heterocycles. The first-order valence-corrected chi connectivity index (χ1v) is 4.03. The molecule has 0 atom stereocenters. The highest BCUT2D eigenvalue weighted by Crippen LogP contribution is 2.30. The van der Waals surface area contributed by atoms with Crippen molar-refractivity contribution in [1.29, 1.82) is 0 Å². The molecule has 0 saturated heterocycles. The van der Waals surface area contributed by atoms with Gasteiger partial charge in [-0.1, -0.05) is 24.8 Å². The minimum Gasteiger partial charge on any atom is -0.492 e. The number of rotatable bonds is 2. The predicted octanol–water partition coefficient (Wildman–Crippen LogP) is 3.08. The van der Waals surface area contributed by atoms with Crippen LogP contribution in [0.25, 0.3) is 17.0 Å². The van der Waals surface area contributed by atoms with Gasteiger partial charge in [-0.2, -0.15) is 0 Å². The maximum Gasteiger partial charge on any atom is 0.176 e. The molecule has 0 aliphatic heterocycles. The van der Waals surface area contributed by atoms with Crippen molar-refractivity contribution in [3.63, 3.8) is 0 Å². The molecule has 0 aliphatic carbocycles. The van der Waals surface area contributed by atoms with Gasteiger partial charge in [0.2, 0.25) is 0 Å². The van der Waals surface area contributed by atoms with Crippen LogP contribution < -0.4 is 4.74 Å². The first-order chi connectivity index (χ1) is 6.36. The van der Waals surface area contributed by atoms with Gasteiger partial charge in [-0.15, -0.1) is 0 Å². The summed E-state index contributed by atoms with van der Waals surface area (Å²) in [5, 5.41) is 1.04. The van der Waals surface area contributed by atoms with E-state index >= 15 is 0 Å². The third-order valence-electron chi connectivity index (χ3n) is 2.03. The average Bonchev–Trinajstić information content (AvgIpc) is 2.63. The molecule has 0 fully saturated rings. The molecule has 1 aromatic heterocycles. The van der Waals surface area contributed by atoms with Crippen LogP contribution in [-0.2, 0) is 0 Å². The molecule has 2 aromatic rings. The van der Waals surface area contributed by atoms with Crippen molar-refractivity contribution in [2.75, 3.05) is 7.11 Å². The lowest BCUT2D eigenvalue weighted by molar-refractivity contribution is 0.409. The van der Waals surface area contributed by atoms with Gasteiger partial charge in [-0.05, 0) is 6.07 Å². The van der Waals surface area contributed by atoms with Crippen molar-refractivity contribution in [3.8, 4) is 5.75 Å². The Morgan fingerprint density at radius 1 is 1.38 bits per heavy atom. The molecule has 0 saturated carbocycles. The molecule has 0 radical (unpaired) electrons. The molecular formula is C11H10O2. The Bertz CT molecular complexity index is 440. The number of ether oxygens (including phenoxy) is 1. The number of furan rings is 1. The zero-order valence-electron chi connectivity index (χ0n) is 7.41. The molecule has 0 amide bonds. The SMILES string of the molecule is C=Cc1ccc2ccoc2c1OC. The first kappa shape index (κ1) is 7.92. The van der Waals surface area contributed by atoms with Crippen molar-refractivity contribution in [1.82, 2.24) is 0 Å². The van der Waals surface area contributed by atoms with E-state index in [1.165, 1.54) is 0 Å². The average molecular weight is 174 g/mol. The summed E-state index contributed by atoms with van der Waals surface area (Å²) in [6.07, 6.45) is 3.40. The Morgan fingerprint density at radius 3 is 2.92 bits per heavy atom. The molecular weight excluding hydrogens is 164 g/mol. The van der Waals surface area contributed by atoms with Gasteiger partial charge in [0, 0.05) is 10.9 Å². The molecule has 0 bridgehead atoms. The zero-order chi connectivity index (χ0) is 9.26. The molecule has 66 valence electrons. The summed E-state index contributed by atoms with van der Waals surface area (Å²) in [6, 6.07) is 5.85. The summed E-state index contributed by atoms with van der Waals surface area (Å²) in [7, 11) is 1.63. The lowest BCUT2D eigenvalue weighted by Crippen LogP contribution is -1.86. The van der Waals surface area contributed by atoms with Crippen LogP contribution in [0.4, 0.5) is 0 Å². The van der Waals surface area contributed by atoms with E-state index in [2.05, 4.69) is 6.58 Å². The fourth-order valence-corrected chi connectivity index (χ4v) is 1.39. The van der Waals surface area contributed by atoms with Crippen LogP contribution in [0.15, 0.2) is 35.5 Å². The molecule has 13 heavy (non-hydrogen) atoms. The van der Waals surface area contributed by atoms with Gasteiger partial charge in [0.25, 0.3) is 0 Å². The number of fused-ring (bicyclic) bond motifs is 1. The van der Waals surface area contributed by atoms with E-state index < -0.39 is 0 Å². The van der Waals surface area contributed by atoms with Crippen LogP contribution in [0.3, 0.4) is 0 Å². The van der Waals surface area contributed by atoms with Crippen LogP contribution >= 0.6 is 0 Å². The fraction of sp³-hybridized carbons (Fsp3) is 0.0909. The zero-order valence-corrected chi connectivity index (χ0v) is 7.41. The lowest BCUT2D eigenvalue weighted by Gasteiger charge is -2.04. The van der Waals surface area contributed by atoms with E-state index in [0.29, 0.717) is 0 Å². The number of benzene rings is 1. The quantitative estimate of drug-likeness (QED) is 0.698. The van der Waals surface area contributed by atoms with Crippen LogP contribution in [-0.4, -0.2) is 7.11 Å². The first-order valence-electron chi connectivity index (χ1n) is 4.03. The smallest absolute Gasteiger partial charge is 0.176 e. The normalized spacial score (nSPS) is 10.2.